The maximum atomic E-state index is 13.4. The summed E-state index contributed by atoms with van der Waals surface area (Å²) in [6.45, 7) is 8.26. The van der Waals surface area contributed by atoms with Gasteiger partial charge in [0.05, 0.1) is 25.8 Å². The van der Waals surface area contributed by atoms with Gasteiger partial charge in [-0.3, -0.25) is 14.6 Å². The van der Waals surface area contributed by atoms with E-state index in [1.54, 1.807) is 6.20 Å². The van der Waals surface area contributed by atoms with Gasteiger partial charge in [-0.15, -0.1) is 24.0 Å². The van der Waals surface area contributed by atoms with Gasteiger partial charge in [0.15, 0.2) is 5.96 Å². The third-order valence-electron chi connectivity index (χ3n) is 4.92. The van der Waals surface area contributed by atoms with Crippen molar-refractivity contribution in [2.24, 2.45) is 4.99 Å². The van der Waals surface area contributed by atoms with Crippen LogP contribution in [0.3, 0.4) is 0 Å². The average molecular weight is 530 g/mol. The highest BCUT2D eigenvalue weighted by Gasteiger charge is 2.22. The van der Waals surface area contributed by atoms with Crippen LogP contribution < -0.4 is 10.6 Å². The highest BCUT2D eigenvalue weighted by molar-refractivity contribution is 14.0. The molecule has 2 N–H and O–H groups in total. The number of nitrogens with zero attached hydrogens (tertiary/aromatic N) is 4. The van der Waals surface area contributed by atoms with Crippen LogP contribution in [0.5, 0.6) is 0 Å². The maximum Gasteiger partial charge on any atom is 0.191 e. The molecule has 1 aliphatic rings. The van der Waals surface area contributed by atoms with E-state index in [4.69, 9.17) is 9.73 Å². The Morgan fingerprint density at radius 3 is 2.67 bits per heavy atom. The quantitative estimate of drug-likeness (QED) is 0.226. The average Bonchev–Trinajstić information content (AvgIpc) is 3.27. The number of hydrogen-bond donors (Lipinski definition) is 2. The number of nitrogens with one attached hydrogen (secondary N) is 2. The van der Waals surface area contributed by atoms with Gasteiger partial charge in [-0.05, 0) is 37.1 Å². The van der Waals surface area contributed by atoms with Crippen molar-refractivity contribution in [3.8, 4) is 0 Å². The monoisotopic (exact) mass is 530 g/mol. The molecule has 9 heteroatoms. The fourth-order valence-corrected chi connectivity index (χ4v) is 3.41. The van der Waals surface area contributed by atoms with E-state index in [1.807, 2.05) is 29.1 Å². The van der Waals surface area contributed by atoms with E-state index in [1.165, 1.54) is 12.1 Å². The maximum absolute atomic E-state index is 13.4. The van der Waals surface area contributed by atoms with E-state index in [-0.39, 0.29) is 35.8 Å². The van der Waals surface area contributed by atoms with Crippen molar-refractivity contribution in [3.63, 3.8) is 0 Å². The highest BCUT2D eigenvalue weighted by Crippen LogP contribution is 2.22. The van der Waals surface area contributed by atoms with Gasteiger partial charge in [-0.1, -0.05) is 12.1 Å². The van der Waals surface area contributed by atoms with Crippen LogP contribution in [0.15, 0.2) is 47.7 Å². The molecule has 7 nitrogen and oxygen atoms in total. The second-order valence-corrected chi connectivity index (χ2v) is 6.98. The number of morpholine rings is 1. The Kier molecular flexibility index (Phi) is 11.1. The molecule has 0 saturated carbocycles. The minimum Gasteiger partial charge on any atom is -0.379 e. The normalized spacial score (nSPS) is 16.0. The van der Waals surface area contributed by atoms with Crippen LogP contribution in [0.4, 0.5) is 4.39 Å². The van der Waals surface area contributed by atoms with Crippen molar-refractivity contribution in [3.05, 3.63) is 54.1 Å². The Labute approximate surface area is 195 Å². The van der Waals surface area contributed by atoms with Crippen LogP contribution in [0.1, 0.15) is 24.9 Å². The van der Waals surface area contributed by atoms with Crippen LogP contribution in [-0.2, 0) is 11.3 Å². The summed E-state index contributed by atoms with van der Waals surface area (Å²) in [5.41, 5.74) is 1.08. The first kappa shape index (κ1) is 24.5. The van der Waals surface area contributed by atoms with Gasteiger partial charge in [0.1, 0.15) is 5.82 Å². The molecule has 1 aromatic carbocycles. The highest BCUT2D eigenvalue weighted by atomic mass is 127. The Hall–Kier alpha value is -1.72. The van der Waals surface area contributed by atoms with Crippen molar-refractivity contribution in [1.29, 1.82) is 0 Å². The number of aryl methyl sites for hydroxylation is 1. The van der Waals surface area contributed by atoms with Crippen LogP contribution >= 0.6 is 24.0 Å². The summed E-state index contributed by atoms with van der Waals surface area (Å²) in [5, 5.41) is 10.9. The van der Waals surface area contributed by atoms with Gasteiger partial charge in [0, 0.05) is 45.1 Å². The predicted octanol–water partition coefficient (Wildman–Crippen LogP) is 2.66. The smallest absolute Gasteiger partial charge is 0.191 e. The molecule has 1 atom stereocenters. The molecule has 0 bridgehead atoms. The van der Waals surface area contributed by atoms with Crippen molar-refractivity contribution in [2.75, 3.05) is 45.9 Å². The van der Waals surface area contributed by atoms with Crippen LogP contribution in [0, 0.1) is 5.82 Å². The fraction of sp³-hybridized carbons (Fsp3) is 0.524. The van der Waals surface area contributed by atoms with Crippen molar-refractivity contribution < 1.29 is 9.13 Å². The zero-order chi connectivity index (χ0) is 20.3. The molecule has 3 rings (SSSR count). The molecule has 2 heterocycles. The van der Waals surface area contributed by atoms with E-state index in [0.29, 0.717) is 19.8 Å². The van der Waals surface area contributed by atoms with Crippen molar-refractivity contribution >= 4 is 29.9 Å². The van der Waals surface area contributed by atoms with Gasteiger partial charge in [-0.25, -0.2) is 4.39 Å². The summed E-state index contributed by atoms with van der Waals surface area (Å²) in [4.78, 5) is 7.18. The Morgan fingerprint density at radius 2 is 2.00 bits per heavy atom. The molecule has 1 unspecified atom stereocenters. The van der Waals surface area contributed by atoms with Gasteiger partial charge in [0.2, 0.25) is 0 Å². The molecule has 166 valence electrons. The minimum atomic E-state index is -0.217. The topological polar surface area (TPSA) is 66.7 Å². The number of aliphatic imine (C=N–C) groups is 1. The third-order valence-corrected chi connectivity index (χ3v) is 4.92. The molecule has 1 aromatic heterocycles. The summed E-state index contributed by atoms with van der Waals surface area (Å²) in [5.74, 6) is 0.582. The number of halogens is 2. The molecular formula is C21H32FIN6O. The van der Waals surface area contributed by atoms with Crippen molar-refractivity contribution in [1.82, 2.24) is 25.3 Å². The van der Waals surface area contributed by atoms with Crippen molar-refractivity contribution in [2.45, 2.75) is 25.9 Å². The lowest BCUT2D eigenvalue weighted by Crippen LogP contribution is -2.42. The second kappa shape index (κ2) is 13.6. The Balaban J connectivity index is 0.00000320. The zero-order valence-corrected chi connectivity index (χ0v) is 19.8. The first-order chi connectivity index (χ1) is 14.3. The lowest BCUT2D eigenvalue weighted by Gasteiger charge is -2.34. The summed E-state index contributed by atoms with van der Waals surface area (Å²) in [7, 11) is 0. The second-order valence-electron chi connectivity index (χ2n) is 6.98. The zero-order valence-electron chi connectivity index (χ0n) is 17.5. The molecule has 30 heavy (non-hydrogen) atoms. The van der Waals surface area contributed by atoms with Gasteiger partial charge in [-0.2, -0.15) is 5.10 Å². The molecule has 0 amide bonds. The van der Waals surface area contributed by atoms with Crippen LogP contribution in [0.25, 0.3) is 0 Å². The predicted molar refractivity (Wildman–Crippen MR) is 128 cm³/mol. The largest absolute Gasteiger partial charge is 0.379 e. The summed E-state index contributed by atoms with van der Waals surface area (Å²) < 4.78 is 20.8. The minimum absolute atomic E-state index is 0. The molecule has 0 radical (unpaired) electrons. The standard InChI is InChI=1S/C21H31FN6O.HI/c1-2-23-21(24-9-3-11-28-12-4-10-26-28)25-17-20(27-13-15-29-16-14-27)18-5-7-19(22)8-6-18;/h4-8,10,12,20H,2-3,9,11,13-17H2,1H3,(H2,23,24,25);1H. The number of ether oxygens (including phenoxy) is 1. The van der Waals surface area contributed by atoms with Gasteiger partial charge in [0.25, 0.3) is 0 Å². The SMILES string of the molecule is CCNC(=NCC(c1ccc(F)cc1)N1CCOCC1)NCCCn1cccn1.I. The molecular weight excluding hydrogens is 498 g/mol. The van der Waals surface area contributed by atoms with Gasteiger partial charge >= 0.3 is 0 Å². The Bertz CT molecular complexity index is 734. The van der Waals surface area contributed by atoms with E-state index in [2.05, 4.69) is 27.6 Å². The number of benzene rings is 1. The molecule has 2 aromatic rings. The van der Waals surface area contributed by atoms with E-state index in [9.17, 15) is 4.39 Å². The Morgan fingerprint density at radius 1 is 1.23 bits per heavy atom. The summed E-state index contributed by atoms with van der Waals surface area (Å²) in [6.07, 6.45) is 4.71. The van der Waals surface area contributed by atoms with E-state index < -0.39 is 0 Å². The molecule has 1 saturated heterocycles. The number of guanidine groups is 1. The molecule has 1 aliphatic heterocycles. The summed E-state index contributed by atoms with van der Waals surface area (Å²) >= 11 is 0. The molecule has 0 aliphatic carbocycles. The lowest BCUT2D eigenvalue weighted by molar-refractivity contribution is 0.0179. The summed E-state index contributed by atoms with van der Waals surface area (Å²) in [6, 6.07) is 8.78. The number of rotatable bonds is 9. The number of aromatic nitrogens is 2. The van der Waals surface area contributed by atoms with Gasteiger partial charge < -0.3 is 15.4 Å². The lowest BCUT2D eigenvalue weighted by atomic mass is 10.0. The van der Waals surface area contributed by atoms with Crippen LogP contribution in [-0.4, -0.2) is 66.6 Å². The molecule has 0 spiro atoms. The first-order valence-electron chi connectivity index (χ1n) is 10.3. The molecule has 1 fully saturated rings. The first-order valence-corrected chi connectivity index (χ1v) is 10.3. The fourth-order valence-electron chi connectivity index (χ4n) is 3.41. The third kappa shape index (κ3) is 7.84. The van der Waals surface area contributed by atoms with Crippen LogP contribution in [0.2, 0.25) is 0 Å². The van der Waals surface area contributed by atoms with E-state index >= 15 is 0 Å². The number of hydrogen-bond acceptors (Lipinski definition) is 4. The van der Waals surface area contributed by atoms with E-state index in [0.717, 1.165) is 50.7 Å².